The van der Waals surface area contributed by atoms with E-state index in [0.29, 0.717) is 11.3 Å². The molecule has 0 aliphatic rings. The Balaban J connectivity index is 2.11. The second kappa shape index (κ2) is 7.40. The summed E-state index contributed by atoms with van der Waals surface area (Å²) < 4.78 is 19.2. The average Bonchev–Trinajstić information content (AvgIpc) is 2.53. The second-order valence-corrected chi connectivity index (χ2v) is 4.30. The minimum atomic E-state index is -0.522. The summed E-state index contributed by atoms with van der Waals surface area (Å²) in [4.78, 5) is 4.79. The molecule has 0 amide bonds. The van der Waals surface area contributed by atoms with Crippen LogP contribution in [0.1, 0.15) is 11.1 Å². The minimum Gasteiger partial charge on any atom is -0.484 e. The molecule has 1 N–H and O–H groups in total. The van der Waals surface area contributed by atoms with E-state index in [1.54, 1.807) is 6.07 Å². The molecule has 0 aliphatic carbocycles. The van der Waals surface area contributed by atoms with Crippen LogP contribution < -0.4 is 4.74 Å². The minimum absolute atomic E-state index is 0.0766. The number of benzene rings is 2. The van der Waals surface area contributed by atoms with Crippen molar-refractivity contribution >= 4 is 5.71 Å². The lowest BCUT2D eigenvalue weighted by atomic mass is 10.1. The summed E-state index contributed by atoms with van der Waals surface area (Å²) >= 11 is 0. The van der Waals surface area contributed by atoms with Gasteiger partial charge >= 0.3 is 0 Å². The van der Waals surface area contributed by atoms with Crippen molar-refractivity contribution in [1.29, 1.82) is 0 Å². The molecule has 0 fully saturated rings. The molecule has 0 radical (unpaired) electrons. The molecule has 110 valence electrons. The highest BCUT2D eigenvalue weighted by molar-refractivity contribution is 6.01. The van der Waals surface area contributed by atoms with Gasteiger partial charge in [0.1, 0.15) is 19.4 Å². The third-order valence-corrected chi connectivity index (χ3v) is 2.85. The van der Waals surface area contributed by atoms with Crippen molar-refractivity contribution in [2.45, 2.75) is 6.61 Å². The lowest BCUT2D eigenvalue weighted by Crippen LogP contribution is -2.14. The molecule has 0 spiro atoms. The van der Waals surface area contributed by atoms with Gasteiger partial charge in [-0.05, 0) is 17.7 Å². The average molecular weight is 289 g/mol. The quantitative estimate of drug-likeness (QED) is 0.657. The molecule has 21 heavy (non-hydrogen) atoms. The smallest absolute Gasteiger partial charge is 0.165 e. The Morgan fingerprint density at radius 2 is 1.95 bits per heavy atom. The first-order valence-electron chi connectivity index (χ1n) is 6.42. The monoisotopic (exact) mass is 289 g/mol. The van der Waals surface area contributed by atoms with Crippen molar-refractivity contribution in [2.24, 2.45) is 5.16 Å². The summed E-state index contributed by atoms with van der Waals surface area (Å²) in [7, 11) is 1.44. The number of aliphatic hydroxyl groups is 1. The highest BCUT2D eigenvalue weighted by Crippen LogP contribution is 2.19. The zero-order valence-corrected chi connectivity index (χ0v) is 11.6. The maximum atomic E-state index is 13.8. The van der Waals surface area contributed by atoms with Crippen LogP contribution in [0.25, 0.3) is 0 Å². The van der Waals surface area contributed by atoms with E-state index in [-0.39, 0.29) is 19.0 Å². The molecule has 0 saturated heterocycles. The van der Waals surface area contributed by atoms with E-state index in [1.165, 1.54) is 19.2 Å². The highest BCUT2D eigenvalue weighted by atomic mass is 19.1. The Bertz CT molecular complexity index is 614. The van der Waals surface area contributed by atoms with Gasteiger partial charge in [-0.25, -0.2) is 4.39 Å². The van der Waals surface area contributed by atoms with Gasteiger partial charge in [-0.15, -0.1) is 0 Å². The van der Waals surface area contributed by atoms with Crippen LogP contribution in [-0.2, 0) is 11.4 Å². The van der Waals surface area contributed by atoms with Crippen LogP contribution in [0.15, 0.2) is 53.7 Å². The first-order chi connectivity index (χ1) is 10.2. The normalized spacial score (nSPS) is 11.3. The Kier molecular flexibility index (Phi) is 5.29. The van der Waals surface area contributed by atoms with Gasteiger partial charge in [-0.2, -0.15) is 0 Å². The number of oxime groups is 1. The molecule has 0 aliphatic heterocycles. The van der Waals surface area contributed by atoms with Gasteiger partial charge < -0.3 is 14.7 Å². The van der Waals surface area contributed by atoms with Crippen molar-refractivity contribution in [1.82, 2.24) is 0 Å². The number of nitrogens with zero attached hydrogens (tertiary/aromatic N) is 1. The lowest BCUT2D eigenvalue weighted by Gasteiger charge is -2.10. The van der Waals surface area contributed by atoms with E-state index in [1.807, 2.05) is 30.3 Å². The molecule has 2 aromatic rings. The van der Waals surface area contributed by atoms with Crippen molar-refractivity contribution in [3.05, 3.63) is 65.5 Å². The number of aliphatic hydroxyl groups excluding tert-OH is 1. The van der Waals surface area contributed by atoms with Crippen molar-refractivity contribution in [2.75, 3.05) is 13.7 Å². The van der Waals surface area contributed by atoms with Crippen molar-refractivity contribution in [3.63, 3.8) is 0 Å². The fourth-order valence-corrected chi connectivity index (χ4v) is 1.81. The molecule has 0 bridgehead atoms. The van der Waals surface area contributed by atoms with Crippen molar-refractivity contribution < 1.29 is 19.1 Å². The molecule has 0 heterocycles. The summed E-state index contributed by atoms with van der Waals surface area (Å²) in [5.41, 5.74) is 1.89. The van der Waals surface area contributed by atoms with E-state index >= 15 is 0 Å². The lowest BCUT2D eigenvalue weighted by molar-refractivity contribution is 0.210. The second-order valence-electron chi connectivity index (χ2n) is 4.30. The molecule has 0 aromatic heterocycles. The van der Waals surface area contributed by atoms with Crippen LogP contribution in [0.3, 0.4) is 0 Å². The number of hydrogen-bond donors (Lipinski definition) is 1. The third kappa shape index (κ3) is 4.03. The van der Waals surface area contributed by atoms with E-state index in [9.17, 15) is 4.39 Å². The number of ether oxygens (including phenoxy) is 1. The van der Waals surface area contributed by atoms with E-state index in [4.69, 9.17) is 14.7 Å². The Morgan fingerprint density at radius 1 is 1.19 bits per heavy atom. The van der Waals surface area contributed by atoms with E-state index in [2.05, 4.69) is 5.16 Å². The standard InChI is InChI=1S/C16H16FNO3/c1-20-18-15(13-5-3-2-4-6-13)11-21-16-8-7-12(10-19)9-14(16)17/h2-9,19H,10-11H2,1H3/b18-15+. The Labute approximate surface area is 122 Å². The molecule has 2 aromatic carbocycles. The summed E-state index contributed by atoms with van der Waals surface area (Å²) in [6.45, 7) is -0.134. The van der Waals surface area contributed by atoms with Gasteiger partial charge in [0.05, 0.1) is 6.61 Å². The summed E-state index contributed by atoms with van der Waals surface area (Å²) in [5, 5.41) is 12.8. The highest BCUT2D eigenvalue weighted by Gasteiger charge is 2.09. The van der Waals surface area contributed by atoms with Gasteiger partial charge in [-0.1, -0.05) is 41.6 Å². The molecule has 4 nitrogen and oxygen atoms in total. The molecule has 0 unspecified atom stereocenters. The molecule has 0 atom stereocenters. The van der Waals surface area contributed by atoms with Crippen LogP contribution in [0.2, 0.25) is 0 Å². The van der Waals surface area contributed by atoms with Gasteiger partial charge in [0.25, 0.3) is 0 Å². The van der Waals surface area contributed by atoms with Crippen LogP contribution in [-0.4, -0.2) is 24.5 Å². The predicted molar refractivity (Wildman–Crippen MR) is 77.8 cm³/mol. The van der Waals surface area contributed by atoms with Crippen molar-refractivity contribution in [3.8, 4) is 5.75 Å². The van der Waals surface area contributed by atoms with Crippen LogP contribution in [0.4, 0.5) is 4.39 Å². The first kappa shape index (κ1) is 15.0. The number of halogens is 1. The Morgan fingerprint density at radius 3 is 2.57 bits per heavy atom. The predicted octanol–water partition coefficient (Wildman–Crippen LogP) is 2.75. The van der Waals surface area contributed by atoms with Gasteiger partial charge in [0.2, 0.25) is 0 Å². The maximum absolute atomic E-state index is 13.8. The zero-order valence-electron chi connectivity index (χ0n) is 11.6. The summed E-state index contributed by atoms with van der Waals surface area (Å²) in [6.07, 6.45) is 0. The Hall–Kier alpha value is -2.40. The third-order valence-electron chi connectivity index (χ3n) is 2.85. The van der Waals surface area contributed by atoms with Crippen LogP contribution in [0.5, 0.6) is 5.75 Å². The largest absolute Gasteiger partial charge is 0.484 e. The molecular weight excluding hydrogens is 273 g/mol. The van der Waals surface area contributed by atoms with Crippen LogP contribution in [0, 0.1) is 5.82 Å². The number of hydrogen-bond acceptors (Lipinski definition) is 4. The number of rotatable bonds is 6. The van der Waals surface area contributed by atoms with E-state index in [0.717, 1.165) is 5.56 Å². The van der Waals surface area contributed by atoms with Gasteiger partial charge in [0, 0.05) is 5.56 Å². The van der Waals surface area contributed by atoms with E-state index < -0.39 is 5.82 Å². The van der Waals surface area contributed by atoms with Crippen LogP contribution >= 0.6 is 0 Å². The topological polar surface area (TPSA) is 51.0 Å². The zero-order chi connectivity index (χ0) is 15.1. The summed E-state index contributed by atoms with van der Waals surface area (Å²) in [5.74, 6) is -0.418. The fourth-order valence-electron chi connectivity index (χ4n) is 1.81. The fraction of sp³-hybridized carbons (Fsp3) is 0.188. The molecule has 2 rings (SSSR count). The maximum Gasteiger partial charge on any atom is 0.165 e. The molecule has 0 saturated carbocycles. The summed E-state index contributed by atoms with van der Waals surface area (Å²) in [6, 6.07) is 13.7. The molecular formula is C16H16FNO3. The molecule has 5 heteroatoms. The SMILES string of the molecule is CO/N=C(\COc1ccc(CO)cc1F)c1ccccc1. The van der Waals surface area contributed by atoms with Gasteiger partial charge in [0.15, 0.2) is 11.6 Å². The first-order valence-corrected chi connectivity index (χ1v) is 6.42. The van der Waals surface area contributed by atoms with Gasteiger partial charge in [-0.3, -0.25) is 0 Å².